The molecule has 0 spiro atoms. The molecule has 0 bridgehead atoms. The molecule has 0 aliphatic rings. The maximum Gasteiger partial charge on any atom is 0.173 e. The van der Waals surface area contributed by atoms with Crippen molar-refractivity contribution in [3.05, 3.63) is 28.2 Å². The summed E-state index contributed by atoms with van der Waals surface area (Å²) in [6.45, 7) is 5.10. The maximum atomic E-state index is 9.48. The van der Waals surface area contributed by atoms with Gasteiger partial charge in [-0.1, -0.05) is 30.1 Å². The van der Waals surface area contributed by atoms with Gasteiger partial charge in [-0.3, -0.25) is 0 Å². The predicted octanol–water partition coefficient (Wildman–Crippen LogP) is 3.78. The Labute approximate surface area is 129 Å². The molecule has 106 valence electrons. The molecule has 0 fully saturated rings. The van der Waals surface area contributed by atoms with Crippen LogP contribution in [0.3, 0.4) is 0 Å². The lowest BCUT2D eigenvalue weighted by atomic mass is 10.3. The second-order valence-electron chi connectivity index (χ2n) is 4.35. The van der Waals surface area contributed by atoms with E-state index in [1.165, 1.54) is 0 Å². The zero-order chi connectivity index (χ0) is 14.4. The van der Waals surface area contributed by atoms with E-state index in [9.17, 15) is 5.11 Å². The van der Waals surface area contributed by atoms with Crippen LogP contribution >= 0.6 is 35.4 Å². The van der Waals surface area contributed by atoms with E-state index >= 15 is 0 Å². The Morgan fingerprint density at radius 3 is 2.63 bits per heavy atom. The monoisotopic (exact) mass is 320 g/mol. The molecule has 0 heterocycles. The van der Waals surface area contributed by atoms with Gasteiger partial charge in [0.05, 0.1) is 16.1 Å². The zero-order valence-electron chi connectivity index (χ0n) is 11.0. The van der Waals surface area contributed by atoms with Crippen LogP contribution in [0.4, 0.5) is 5.69 Å². The van der Waals surface area contributed by atoms with E-state index in [2.05, 4.69) is 12.2 Å². The van der Waals surface area contributed by atoms with Gasteiger partial charge in [-0.15, -0.1) is 0 Å². The van der Waals surface area contributed by atoms with E-state index in [-0.39, 0.29) is 0 Å². The molecule has 0 amide bonds. The minimum absolute atomic E-state index is 0.430. The van der Waals surface area contributed by atoms with Crippen molar-refractivity contribution < 1.29 is 5.11 Å². The topological polar surface area (TPSA) is 35.5 Å². The molecule has 3 nitrogen and oxygen atoms in total. The van der Waals surface area contributed by atoms with Crippen LogP contribution in [-0.4, -0.2) is 34.3 Å². The highest BCUT2D eigenvalue weighted by atomic mass is 35.5. The second kappa shape index (κ2) is 7.90. The molecule has 0 saturated carbocycles. The number of aliphatic hydroxyl groups excluding tert-OH is 1. The number of benzene rings is 1. The third-order valence-electron chi connectivity index (χ3n) is 2.44. The van der Waals surface area contributed by atoms with Gasteiger partial charge in [-0.05, 0) is 43.8 Å². The largest absolute Gasteiger partial charge is 0.392 e. The fraction of sp³-hybridized carbons (Fsp3) is 0.462. The summed E-state index contributed by atoms with van der Waals surface area (Å²) in [6.07, 6.45) is 0.524. The van der Waals surface area contributed by atoms with Gasteiger partial charge in [-0.25, -0.2) is 0 Å². The van der Waals surface area contributed by atoms with Gasteiger partial charge in [-0.2, -0.15) is 0 Å². The smallest absolute Gasteiger partial charge is 0.173 e. The normalized spacial score (nSPS) is 12.1. The average Bonchev–Trinajstić information content (AvgIpc) is 2.33. The van der Waals surface area contributed by atoms with Crippen molar-refractivity contribution >= 4 is 46.2 Å². The summed E-state index contributed by atoms with van der Waals surface area (Å²) in [6, 6.07) is 5.25. The zero-order valence-corrected chi connectivity index (χ0v) is 13.3. The number of nitrogens with zero attached hydrogens (tertiary/aromatic N) is 1. The molecule has 0 aromatic heterocycles. The van der Waals surface area contributed by atoms with Crippen molar-refractivity contribution in [2.75, 3.05) is 18.4 Å². The Morgan fingerprint density at radius 1 is 1.42 bits per heavy atom. The highest BCUT2D eigenvalue weighted by molar-refractivity contribution is 7.80. The molecule has 0 aliphatic carbocycles. The summed E-state index contributed by atoms with van der Waals surface area (Å²) in [5.41, 5.74) is 0.783. The molecule has 1 aromatic rings. The van der Waals surface area contributed by atoms with Crippen LogP contribution < -0.4 is 5.32 Å². The quantitative estimate of drug-likeness (QED) is 0.809. The molecule has 1 atom stereocenters. The van der Waals surface area contributed by atoms with Crippen molar-refractivity contribution in [3.63, 3.8) is 0 Å². The molecule has 6 heteroatoms. The van der Waals surface area contributed by atoms with E-state index < -0.39 is 6.10 Å². The lowest BCUT2D eigenvalue weighted by Gasteiger charge is -2.26. The molecule has 2 N–H and O–H groups in total. The minimum Gasteiger partial charge on any atom is -0.392 e. The van der Waals surface area contributed by atoms with Crippen molar-refractivity contribution in [2.24, 2.45) is 0 Å². The summed E-state index contributed by atoms with van der Waals surface area (Å²) in [4.78, 5) is 1.93. The van der Waals surface area contributed by atoms with Gasteiger partial charge in [0.25, 0.3) is 0 Å². The van der Waals surface area contributed by atoms with E-state index in [0.29, 0.717) is 21.7 Å². The van der Waals surface area contributed by atoms with Crippen LogP contribution in [-0.2, 0) is 0 Å². The summed E-state index contributed by atoms with van der Waals surface area (Å²) >= 11 is 17.2. The Kier molecular flexibility index (Phi) is 6.86. The maximum absolute atomic E-state index is 9.48. The Bertz CT molecular complexity index is 441. The fourth-order valence-electron chi connectivity index (χ4n) is 1.64. The number of rotatable bonds is 5. The van der Waals surface area contributed by atoms with Gasteiger partial charge >= 0.3 is 0 Å². The van der Waals surface area contributed by atoms with Crippen LogP contribution in [0.25, 0.3) is 0 Å². The molecule has 19 heavy (non-hydrogen) atoms. The van der Waals surface area contributed by atoms with E-state index in [4.69, 9.17) is 35.4 Å². The third-order valence-corrected chi connectivity index (χ3v) is 3.54. The Morgan fingerprint density at radius 2 is 2.11 bits per heavy atom. The molecule has 0 aliphatic heterocycles. The first-order chi connectivity index (χ1) is 8.93. The Balaban J connectivity index is 2.72. The van der Waals surface area contributed by atoms with Crippen molar-refractivity contribution in [2.45, 2.75) is 26.4 Å². The van der Waals surface area contributed by atoms with Crippen molar-refractivity contribution in [1.82, 2.24) is 4.90 Å². The number of hydrogen-bond donors (Lipinski definition) is 2. The van der Waals surface area contributed by atoms with Crippen LogP contribution in [0.1, 0.15) is 20.3 Å². The minimum atomic E-state index is -0.430. The highest BCUT2D eigenvalue weighted by Crippen LogP contribution is 2.25. The second-order valence-corrected chi connectivity index (χ2v) is 5.56. The van der Waals surface area contributed by atoms with Crippen molar-refractivity contribution in [1.29, 1.82) is 0 Å². The summed E-state index contributed by atoms with van der Waals surface area (Å²) in [7, 11) is 0. The van der Waals surface area contributed by atoms with E-state index in [1.54, 1.807) is 19.1 Å². The fourth-order valence-corrected chi connectivity index (χ4v) is 2.22. The number of aliphatic hydroxyl groups is 1. The summed E-state index contributed by atoms with van der Waals surface area (Å²) in [5.74, 6) is 0. The first kappa shape index (κ1) is 16.5. The summed E-state index contributed by atoms with van der Waals surface area (Å²) < 4.78 is 0. The van der Waals surface area contributed by atoms with Gasteiger partial charge in [0.2, 0.25) is 0 Å². The first-order valence-electron chi connectivity index (χ1n) is 6.13. The average molecular weight is 321 g/mol. The number of thiocarbonyl (C=S) groups is 1. The molecule has 1 aromatic carbocycles. The predicted molar refractivity (Wildman–Crippen MR) is 86.2 cm³/mol. The molecule has 0 radical (unpaired) electrons. The van der Waals surface area contributed by atoms with Crippen LogP contribution in [0.2, 0.25) is 10.0 Å². The van der Waals surface area contributed by atoms with Crippen LogP contribution in [0.15, 0.2) is 18.2 Å². The lowest BCUT2D eigenvalue weighted by Crippen LogP contribution is -2.39. The van der Waals surface area contributed by atoms with E-state index in [1.807, 2.05) is 11.0 Å². The van der Waals surface area contributed by atoms with Crippen LogP contribution in [0, 0.1) is 0 Å². The number of halogens is 2. The summed E-state index contributed by atoms with van der Waals surface area (Å²) in [5, 5.41) is 14.1. The standard InChI is InChI=1S/C13H18Cl2N2OS/c1-3-6-17(8-9(2)18)13(19)16-10-4-5-11(14)12(15)7-10/h4-5,7,9,18H,3,6,8H2,1-2H3,(H,16,19)/t9-/m1/s1. The molecular formula is C13H18Cl2N2OS. The molecular weight excluding hydrogens is 303 g/mol. The van der Waals surface area contributed by atoms with Crippen molar-refractivity contribution in [3.8, 4) is 0 Å². The van der Waals surface area contributed by atoms with Gasteiger partial charge < -0.3 is 15.3 Å². The van der Waals surface area contributed by atoms with Gasteiger partial charge in [0, 0.05) is 18.8 Å². The number of anilines is 1. The highest BCUT2D eigenvalue weighted by Gasteiger charge is 2.11. The van der Waals surface area contributed by atoms with Crippen LogP contribution in [0.5, 0.6) is 0 Å². The Hall–Kier alpha value is -0.550. The SMILES string of the molecule is CCCN(C[C@@H](C)O)C(=S)Nc1ccc(Cl)c(Cl)c1. The number of hydrogen-bond acceptors (Lipinski definition) is 2. The first-order valence-corrected chi connectivity index (χ1v) is 7.29. The lowest BCUT2D eigenvalue weighted by molar-refractivity contribution is 0.160. The molecule has 1 rings (SSSR count). The number of nitrogens with one attached hydrogen (secondary N) is 1. The van der Waals surface area contributed by atoms with E-state index in [0.717, 1.165) is 18.7 Å². The molecule has 0 unspecified atom stereocenters. The van der Waals surface area contributed by atoms with Gasteiger partial charge in [0.1, 0.15) is 0 Å². The van der Waals surface area contributed by atoms with Gasteiger partial charge in [0.15, 0.2) is 5.11 Å². The molecule has 0 saturated heterocycles. The third kappa shape index (κ3) is 5.53.